The molecule has 0 spiro atoms. The summed E-state index contributed by atoms with van der Waals surface area (Å²) in [6.45, 7) is 0.199. The predicted octanol–water partition coefficient (Wildman–Crippen LogP) is 3.77. The van der Waals surface area contributed by atoms with Crippen molar-refractivity contribution in [2.75, 3.05) is 20.8 Å². The maximum Gasteiger partial charge on any atom is 0.416 e. The molecule has 0 aliphatic carbocycles. The highest BCUT2D eigenvalue weighted by Crippen LogP contribution is 2.34. The second-order valence-electron chi connectivity index (χ2n) is 7.14. The van der Waals surface area contributed by atoms with Gasteiger partial charge in [0.25, 0.3) is 0 Å². The van der Waals surface area contributed by atoms with Crippen molar-refractivity contribution in [2.45, 2.75) is 24.3 Å². The summed E-state index contributed by atoms with van der Waals surface area (Å²) in [4.78, 5) is 30.1. The van der Waals surface area contributed by atoms with E-state index >= 15 is 0 Å². The molecule has 1 heterocycles. The number of methoxy groups -OCH3 is 2. The maximum absolute atomic E-state index is 13.1. The molecule has 0 saturated carbocycles. The van der Waals surface area contributed by atoms with E-state index in [-0.39, 0.29) is 29.7 Å². The fourth-order valence-corrected chi connectivity index (χ4v) is 4.29. The van der Waals surface area contributed by atoms with Gasteiger partial charge in [-0.3, -0.25) is 14.5 Å². The van der Waals surface area contributed by atoms with Gasteiger partial charge in [-0.05, 0) is 42.3 Å². The lowest BCUT2D eigenvalue weighted by molar-refractivity contribution is -0.137. The molecule has 0 bridgehead atoms. The first-order valence-corrected chi connectivity index (χ1v) is 10.7. The number of aliphatic imine (C=N–C) groups is 1. The normalized spacial score (nSPS) is 17.8. The highest BCUT2D eigenvalue weighted by Gasteiger charge is 2.35. The molecule has 7 nitrogen and oxygen atoms in total. The molecule has 1 unspecified atom stereocenters. The lowest BCUT2D eigenvalue weighted by atomic mass is 10.1. The summed E-state index contributed by atoms with van der Waals surface area (Å²) >= 11 is 0.963. The Labute approximate surface area is 192 Å². The van der Waals surface area contributed by atoms with E-state index in [9.17, 15) is 22.8 Å². The molecule has 3 rings (SSSR count). The van der Waals surface area contributed by atoms with Crippen LogP contribution in [0.1, 0.15) is 17.5 Å². The number of hydrogen-bond acceptors (Lipinski definition) is 6. The quantitative estimate of drug-likeness (QED) is 0.650. The molecule has 11 heteroatoms. The minimum atomic E-state index is -4.53. The Bertz CT molecular complexity index is 1080. The standard InChI is InChI=1S/C22H22F3N3O4S/c1-31-16-7-6-13(10-17(16)32-2)8-9-28-19(29)12-18(20(26)30)33-21(28)27-15-5-3-4-14(11-15)22(23,24)25/h3-7,10-11,18H,8-9,12H2,1-2H3,(H2,26,30). The Morgan fingerprint density at radius 3 is 2.55 bits per heavy atom. The van der Waals surface area contributed by atoms with Crippen molar-refractivity contribution in [1.29, 1.82) is 0 Å². The number of benzene rings is 2. The zero-order valence-corrected chi connectivity index (χ0v) is 18.7. The van der Waals surface area contributed by atoms with E-state index < -0.39 is 22.9 Å². The van der Waals surface area contributed by atoms with Crippen LogP contribution in [0.15, 0.2) is 47.5 Å². The van der Waals surface area contributed by atoms with Crippen LogP contribution < -0.4 is 15.2 Å². The van der Waals surface area contributed by atoms with E-state index in [0.717, 1.165) is 29.5 Å². The number of hydrogen-bond donors (Lipinski definition) is 1. The average molecular weight is 481 g/mol. The molecule has 1 aliphatic heterocycles. The fraction of sp³-hybridized carbons (Fsp3) is 0.318. The Hall–Kier alpha value is -3.21. The van der Waals surface area contributed by atoms with Gasteiger partial charge in [0.1, 0.15) is 0 Å². The van der Waals surface area contributed by atoms with Gasteiger partial charge in [-0.1, -0.05) is 23.9 Å². The molecular formula is C22H22F3N3O4S. The van der Waals surface area contributed by atoms with Crippen molar-refractivity contribution >= 4 is 34.4 Å². The Morgan fingerprint density at radius 1 is 1.18 bits per heavy atom. The lowest BCUT2D eigenvalue weighted by Gasteiger charge is -2.31. The minimum Gasteiger partial charge on any atom is -0.493 e. The predicted molar refractivity (Wildman–Crippen MR) is 119 cm³/mol. The van der Waals surface area contributed by atoms with Gasteiger partial charge in [-0.15, -0.1) is 0 Å². The number of rotatable bonds is 7. The van der Waals surface area contributed by atoms with Crippen LogP contribution in [0, 0.1) is 0 Å². The number of halogens is 3. The smallest absolute Gasteiger partial charge is 0.416 e. The molecule has 33 heavy (non-hydrogen) atoms. The molecule has 1 fully saturated rings. The first kappa shape index (κ1) is 24.4. The maximum atomic E-state index is 13.1. The number of amidine groups is 1. The number of nitrogens with zero attached hydrogens (tertiary/aromatic N) is 2. The summed E-state index contributed by atoms with van der Waals surface area (Å²) in [5, 5.41) is -0.728. The molecule has 2 aromatic carbocycles. The van der Waals surface area contributed by atoms with Crippen molar-refractivity contribution < 1.29 is 32.2 Å². The zero-order chi connectivity index (χ0) is 24.2. The molecule has 176 valence electrons. The summed E-state index contributed by atoms with van der Waals surface area (Å²) < 4.78 is 49.7. The molecule has 2 aromatic rings. The van der Waals surface area contributed by atoms with Gasteiger partial charge in [0.15, 0.2) is 16.7 Å². The Morgan fingerprint density at radius 2 is 1.91 bits per heavy atom. The summed E-state index contributed by atoms with van der Waals surface area (Å²) in [6.07, 6.45) is -4.24. The molecule has 1 atom stereocenters. The lowest BCUT2D eigenvalue weighted by Crippen LogP contribution is -2.46. The summed E-state index contributed by atoms with van der Waals surface area (Å²) in [5.74, 6) is 0.0105. The van der Waals surface area contributed by atoms with Gasteiger partial charge in [0, 0.05) is 13.0 Å². The summed E-state index contributed by atoms with van der Waals surface area (Å²) in [7, 11) is 3.03. The van der Waals surface area contributed by atoms with Gasteiger partial charge in [-0.25, -0.2) is 4.99 Å². The van der Waals surface area contributed by atoms with Crippen LogP contribution in [-0.2, 0) is 22.2 Å². The number of carbonyl (C=O) groups excluding carboxylic acids is 2. The second kappa shape index (κ2) is 10.2. The highest BCUT2D eigenvalue weighted by atomic mass is 32.2. The van der Waals surface area contributed by atoms with E-state index in [4.69, 9.17) is 15.2 Å². The van der Waals surface area contributed by atoms with Gasteiger partial charge in [-0.2, -0.15) is 13.2 Å². The first-order valence-electron chi connectivity index (χ1n) is 9.85. The fourth-order valence-electron chi connectivity index (χ4n) is 3.21. The SMILES string of the molecule is COc1ccc(CCN2C(=O)CC(C(N)=O)SC2=Nc2cccc(C(F)(F)F)c2)cc1OC. The second-order valence-corrected chi connectivity index (χ2v) is 8.31. The van der Waals surface area contributed by atoms with E-state index in [1.165, 1.54) is 31.3 Å². The number of amides is 2. The third kappa shape index (κ3) is 5.98. The number of thioether (sulfide) groups is 1. The van der Waals surface area contributed by atoms with Crippen LogP contribution in [0.25, 0.3) is 0 Å². The summed E-state index contributed by atoms with van der Waals surface area (Å²) in [6, 6.07) is 9.78. The van der Waals surface area contributed by atoms with E-state index in [0.29, 0.717) is 17.9 Å². The topological polar surface area (TPSA) is 94.2 Å². The van der Waals surface area contributed by atoms with Gasteiger partial charge in [0.2, 0.25) is 11.8 Å². The molecule has 2 N–H and O–H groups in total. The summed E-state index contributed by atoms with van der Waals surface area (Å²) in [5.41, 5.74) is 5.38. The average Bonchev–Trinajstić information content (AvgIpc) is 2.77. The molecule has 0 radical (unpaired) electrons. The van der Waals surface area contributed by atoms with Crippen molar-refractivity contribution in [2.24, 2.45) is 10.7 Å². The molecule has 0 aromatic heterocycles. The van der Waals surface area contributed by atoms with E-state index in [1.807, 2.05) is 6.07 Å². The first-order chi connectivity index (χ1) is 15.6. The minimum absolute atomic E-state index is 0.0152. The van der Waals surface area contributed by atoms with Gasteiger partial charge in [0.05, 0.1) is 30.7 Å². The van der Waals surface area contributed by atoms with Crippen molar-refractivity contribution in [1.82, 2.24) is 4.90 Å². The van der Waals surface area contributed by atoms with Gasteiger partial charge >= 0.3 is 6.18 Å². The van der Waals surface area contributed by atoms with Crippen LogP contribution in [-0.4, -0.2) is 47.9 Å². The van der Waals surface area contributed by atoms with Crippen LogP contribution in [0.5, 0.6) is 11.5 Å². The van der Waals surface area contributed by atoms with Crippen molar-refractivity contribution in [3.8, 4) is 11.5 Å². The zero-order valence-electron chi connectivity index (χ0n) is 17.9. The van der Waals surface area contributed by atoms with Crippen molar-refractivity contribution in [3.63, 3.8) is 0 Å². The third-order valence-corrected chi connectivity index (χ3v) is 6.13. The number of alkyl halides is 3. The highest BCUT2D eigenvalue weighted by molar-refractivity contribution is 8.15. The largest absolute Gasteiger partial charge is 0.493 e. The van der Waals surface area contributed by atoms with Crippen molar-refractivity contribution in [3.05, 3.63) is 53.6 Å². The molecule has 1 saturated heterocycles. The van der Waals surface area contributed by atoms with Crippen LogP contribution in [0.4, 0.5) is 18.9 Å². The molecule has 2 amide bonds. The van der Waals surface area contributed by atoms with Gasteiger partial charge < -0.3 is 15.2 Å². The Kier molecular flexibility index (Phi) is 7.52. The molecule has 1 aliphatic rings. The third-order valence-electron chi connectivity index (χ3n) is 4.93. The number of carbonyl (C=O) groups is 2. The van der Waals surface area contributed by atoms with E-state index in [1.54, 1.807) is 12.1 Å². The van der Waals surface area contributed by atoms with E-state index in [2.05, 4.69) is 4.99 Å². The van der Waals surface area contributed by atoms with Crippen LogP contribution >= 0.6 is 11.8 Å². The van der Waals surface area contributed by atoms with Crippen LogP contribution in [0.2, 0.25) is 0 Å². The van der Waals surface area contributed by atoms with Crippen LogP contribution in [0.3, 0.4) is 0 Å². The number of nitrogens with two attached hydrogens (primary N) is 1. The monoisotopic (exact) mass is 481 g/mol. The number of primary amides is 1. The Balaban J connectivity index is 1.89. The molecular weight excluding hydrogens is 459 g/mol. The number of ether oxygens (including phenoxy) is 2.